The van der Waals surface area contributed by atoms with Gasteiger partial charge in [-0.1, -0.05) is 44.2 Å². The Kier molecular flexibility index (Phi) is 6.11. The standard InChI is InChI=1S/C22H30N8/c1-16(2)21-27-19-10-9-18(15-30(19)28-21)26-22(23-3)25-13-20-24-11-12-29(20)14-17-7-5-4-6-8-17/h4-8,11-12,16,18H,9-10,13-15H2,1-3H3,(H2,23,25,26). The summed E-state index contributed by atoms with van der Waals surface area (Å²) in [6.07, 6.45) is 5.80. The Morgan fingerprint density at radius 2 is 2.10 bits per heavy atom. The third-order valence-electron chi connectivity index (χ3n) is 5.37. The molecule has 8 heteroatoms. The summed E-state index contributed by atoms with van der Waals surface area (Å²) in [5.74, 6) is 4.12. The van der Waals surface area contributed by atoms with Crippen LogP contribution in [0.3, 0.4) is 0 Å². The average molecular weight is 407 g/mol. The molecule has 30 heavy (non-hydrogen) atoms. The quantitative estimate of drug-likeness (QED) is 0.485. The zero-order valence-corrected chi connectivity index (χ0v) is 17.9. The fraction of sp³-hybridized carbons (Fsp3) is 0.455. The summed E-state index contributed by atoms with van der Waals surface area (Å²) < 4.78 is 4.20. The third kappa shape index (κ3) is 4.69. The summed E-state index contributed by atoms with van der Waals surface area (Å²) in [5.41, 5.74) is 1.26. The van der Waals surface area contributed by atoms with Crippen LogP contribution in [0, 0.1) is 0 Å². The number of benzene rings is 1. The molecule has 0 saturated carbocycles. The van der Waals surface area contributed by atoms with E-state index in [1.165, 1.54) is 5.56 Å². The number of aryl methyl sites for hydroxylation is 1. The molecule has 1 unspecified atom stereocenters. The van der Waals surface area contributed by atoms with Crippen LogP contribution in [0.25, 0.3) is 0 Å². The minimum atomic E-state index is 0.273. The highest BCUT2D eigenvalue weighted by Crippen LogP contribution is 2.17. The first-order chi connectivity index (χ1) is 14.6. The minimum absolute atomic E-state index is 0.273. The van der Waals surface area contributed by atoms with E-state index in [-0.39, 0.29) is 6.04 Å². The smallest absolute Gasteiger partial charge is 0.191 e. The fourth-order valence-corrected chi connectivity index (χ4v) is 3.67. The Morgan fingerprint density at radius 3 is 2.87 bits per heavy atom. The molecule has 0 spiro atoms. The molecule has 4 rings (SSSR count). The fourth-order valence-electron chi connectivity index (χ4n) is 3.67. The van der Waals surface area contributed by atoms with Gasteiger partial charge in [-0.3, -0.25) is 4.99 Å². The van der Waals surface area contributed by atoms with E-state index < -0.39 is 0 Å². The number of hydrogen-bond donors (Lipinski definition) is 2. The van der Waals surface area contributed by atoms with Crippen LogP contribution >= 0.6 is 0 Å². The Hall–Kier alpha value is -3.16. The van der Waals surface area contributed by atoms with Gasteiger partial charge in [-0.05, 0) is 12.0 Å². The Bertz CT molecular complexity index is 986. The normalized spacial score (nSPS) is 16.5. The Balaban J connectivity index is 1.33. The predicted molar refractivity (Wildman–Crippen MR) is 117 cm³/mol. The number of imidazole rings is 1. The predicted octanol–water partition coefficient (Wildman–Crippen LogP) is 2.33. The van der Waals surface area contributed by atoms with Gasteiger partial charge in [0.1, 0.15) is 11.6 Å². The average Bonchev–Trinajstić information content (AvgIpc) is 3.38. The number of hydrogen-bond acceptors (Lipinski definition) is 4. The molecular formula is C22H30N8. The molecule has 3 aromatic rings. The monoisotopic (exact) mass is 406 g/mol. The second-order valence-electron chi connectivity index (χ2n) is 7.99. The molecule has 158 valence electrons. The van der Waals surface area contributed by atoms with Crippen LogP contribution in [0.5, 0.6) is 0 Å². The lowest BCUT2D eigenvalue weighted by Crippen LogP contribution is -2.47. The first-order valence-corrected chi connectivity index (χ1v) is 10.6. The van der Waals surface area contributed by atoms with Crippen LogP contribution in [-0.4, -0.2) is 43.4 Å². The van der Waals surface area contributed by atoms with Crippen LogP contribution < -0.4 is 10.6 Å². The van der Waals surface area contributed by atoms with Gasteiger partial charge in [0.25, 0.3) is 0 Å². The number of guanidine groups is 1. The summed E-state index contributed by atoms with van der Waals surface area (Å²) >= 11 is 0. The lowest BCUT2D eigenvalue weighted by molar-refractivity contribution is 0.391. The first-order valence-electron chi connectivity index (χ1n) is 10.6. The van der Waals surface area contributed by atoms with Crippen molar-refractivity contribution in [1.82, 2.24) is 34.9 Å². The van der Waals surface area contributed by atoms with E-state index in [1.807, 2.05) is 23.1 Å². The molecule has 0 radical (unpaired) electrons. The number of aliphatic imine (C=N–C) groups is 1. The van der Waals surface area contributed by atoms with Gasteiger partial charge in [0.15, 0.2) is 11.8 Å². The van der Waals surface area contributed by atoms with Gasteiger partial charge >= 0.3 is 0 Å². The summed E-state index contributed by atoms with van der Waals surface area (Å²) in [7, 11) is 1.80. The maximum absolute atomic E-state index is 4.67. The molecular weight excluding hydrogens is 376 g/mol. The Labute approximate surface area is 177 Å². The molecule has 8 nitrogen and oxygen atoms in total. The van der Waals surface area contributed by atoms with Gasteiger partial charge in [-0.2, -0.15) is 5.10 Å². The molecule has 1 aliphatic heterocycles. The van der Waals surface area contributed by atoms with Gasteiger partial charge in [0, 0.05) is 44.4 Å². The molecule has 1 aromatic carbocycles. The Morgan fingerprint density at radius 1 is 1.27 bits per heavy atom. The molecule has 1 aliphatic rings. The second kappa shape index (κ2) is 9.11. The molecule has 0 amide bonds. The molecule has 0 saturated heterocycles. The molecule has 1 atom stereocenters. The summed E-state index contributed by atoms with van der Waals surface area (Å²) in [5, 5.41) is 11.6. The van der Waals surface area contributed by atoms with Crippen molar-refractivity contribution >= 4 is 5.96 Å². The molecule has 0 aliphatic carbocycles. The number of rotatable bonds is 6. The van der Waals surface area contributed by atoms with Crippen molar-refractivity contribution < 1.29 is 0 Å². The highest BCUT2D eigenvalue weighted by Gasteiger charge is 2.23. The van der Waals surface area contributed by atoms with E-state index in [4.69, 9.17) is 0 Å². The van der Waals surface area contributed by atoms with E-state index in [0.29, 0.717) is 12.5 Å². The molecule has 3 heterocycles. The minimum Gasteiger partial charge on any atom is -0.352 e. The molecule has 0 fully saturated rings. The zero-order chi connectivity index (χ0) is 20.9. The first kappa shape index (κ1) is 20.1. The molecule has 0 bridgehead atoms. The van der Waals surface area contributed by atoms with Gasteiger partial charge in [-0.25, -0.2) is 14.6 Å². The van der Waals surface area contributed by atoms with Crippen LogP contribution in [0.15, 0.2) is 47.7 Å². The number of nitrogens with zero attached hydrogens (tertiary/aromatic N) is 6. The van der Waals surface area contributed by atoms with Crippen molar-refractivity contribution in [3.8, 4) is 0 Å². The number of aromatic nitrogens is 5. The maximum Gasteiger partial charge on any atom is 0.191 e. The van der Waals surface area contributed by atoms with E-state index in [2.05, 4.69) is 73.4 Å². The SMILES string of the molecule is CN=C(NCc1nccn1Cc1ccccc1)NC1CCc2nc(C(C)C)nn2C1. The molecule has 2 N–H and O–H groups in total. The van der Waals surface area contributed by atoms with Crippen molar-refractivity contribution in [3.63, 3.8) is 0 Å². The van der Waals surface area contributed by atoms with Crippen LogP contribution in [0.2, 0.25) is 0 Å². The highest BCUT2D eigenvalue weighted by molar-refractivity contribution is 5.79. The van der Waals surface area contributed by atoms with Crippen LogP contribution in [-0.2, 0) is 26.1 Å². The van der Waals surface area contributed by atoms with Gasteiger partial charge in [0.2, 0.25) is 0 Å². The third-order valence-corrected chi connectivity index (χ3v) is 5.37. The number of nitrogens with one attached hydrogen (secondary N) is 2. The van der Waals surface area contributed by atoms with Crippen molar-refractivity contribution in [1.29, 1.82) is 0 Å². The van der Waals surface area contributed by atoms with Crippen LogP contribution in [0.1, 0.15) is 49.2 Å². The number of fused-ring (bicyclic) bond motifs is 1. The van der Waals surface area contributed by atoms with Crippen molar-refractivity contribution in [3.05, 3.63) is 65.8 Å². The lowest BCUT2D eigenvalue weighted by atomic mass is 10.1. The summed E-state index contributed by atoms with van der Waals surface area (Å²) in [6.45, 7) is 6.48. The van der Waals surface area contributed by atoms with Gasteiger partial charge in [-0.15, -0.1) is 0 Å². The van der Waals surface area contributed by atoms with Crippen molar-refractivity contribution in [2.45, 2.75) is 58.3 Å². The second-order valence-corrected chi connectivity index (χ2v) is 7.99. The lowest BCUT2D eigenvalue weighted by Gasteiger charge is -2.25. The van der Waals surface area contributed by atoms with Crippen molar-refractivity contribution in [2.75, 3.05) is 7.05 Å². The van der Waals surface area contributed by atoms with Gasteiger partial charge in [0.05, 0.1) is 13.1 Å². The highest BCUT2D eigenvalue weighted by atomic mass is 15.4. The van der Waals surface area contributed by atoms with E-state index in [0.717, 1.165) is 49.4 Å². The molecule has 2 aromatic heterocycles. The van der Waals surface area contributed by atoms with Crippen molar-refractivity contribution in [2.24, 2.45) is 4.99 Å². The zero-order valence-electron chi connectivity index (χ0n) is 17.9. The largest absolute Gasteiger partial charge is 0.352 e. The maximum atomic E-state index is 4.67. The van der Waals surface area contributed by atoms with Gasteiger partial charge < -0.3 is 15.2 Å². The van der Waals surface area contributed by atoms with E-state index in [9.17, 15) is 0 Å². The summed E-state index contributed by atoms with van der Waals surface area (Å²) in [4.78, 5) is 13.6. The van der Waals surface area contributed by atoms with Crippen LogP contribution in [0.4, 0.5) is 0 Å². The van der Waals surface area contributed by atoms with E-state index in [1.54, 1.807) is 7.05 Å². The van der Waals surface area contributed by atoms with E-state index >= 15 is 0 Å². The summed E-state index contributed by atoms with van der Waals surface area (Å²) in [6, 6.07) is 10.7. The topological polar surface area (TPSA) is 84.9 Å².